The monoisotopic (exact) mass is 389 g/mol. The van der Waals surface area contributed by atoms with Crippen LogP contribution in [0.5, 0.6) is 0 Å². The summed E-state index contributed by atoms with van der Waals surface area (Å²) >= 11 is 0. The van der Waals surface area contributed by atoms with Gasteiger partial charge < -0.3 is 20.3 Å². The van der Waals surface area contributed by atoms with E-state index in [1.54, 1.807) is 39.1 Å². The van der Waals surface area contributed by atoms with Crippen LogP contribution in [0, 0.1) is 0 Å². The van der Waals surface area contributed by atoms with Crippen LogP contribution in [0.4, 0.5) is 16.3 Å². The molecule has 3 rings (SSSR count). The molecule has 2 fully saturated rings. The van der Waals surface area contributed by atoms with E-state index < -0.39 is 17.7 Å². The molecular formula is C19H27N5O4. The molecule has 2 saturated heterocycles. The van der Waals surface area contributed by atoms with E-state index in [1.807, 2.05) is 4.90 Å². The normalized spacial score (nSPS) is 20.0. The number of pyridine rings is 1. The zero-order valence-corrected chi connectivity index (χ0v) is 16.5. The molecule has 1 aromatic heterocycles. The summed E-state index contributed by atoms with van der Waals surface area (Å²) in [5.41, 5.74) is -0.0579. The van der Waals surface area contributed by atoms with Gasteiger partial charge in [-0.3, -0.25) is 14.5 Å². The molecular weight excluding hydrogens is 362 g/mol. The van der Waals surface area contributed by atoms with Crippen molar-refractivity contribution in [2.24, 2.45) is 0 Å². The molecule has 2 N–H and O–H groups in total. The molecule has 0 aliphatic carbocycles. The number of hydrogen-bond donors (Lipinski definition) is 2. The van der Waals surface area contributed by atoms with Gasteiger partial charge in [0, 0.05) is 19.6 Å². The number of rotatable bonds is 3. The van der Waals surface area contributed by atoms with Gasteiger partial charge in [-0.2, -0.15) is 0 Å². The van der Waals surface area contributed by atoms with Gasteiger partial charge in [0.05, 0.1) is 18.4 Å². The third-order valence-electron chi connectivity index (χ3n) is 4.56. The van der Waals surface area contributed by atoms with E-state index in [4.69, 9.17) is 4.74 Å². The molecule has 0 radical (unpaired) electrons. The van der Waals surface area contributed by atoms with Crippen molar-refractivity contribution in [1.82, 2.24) is 15.2 Å². The van der Waals surface area contributed by atoms with Gasteiger partial charge in [0.25, 0.3) is 0 Å². The maximum absolute atomic E-state index is 12.7. The highest BCUT2D eigenvalue weighted by molar-refractivity contribution is 5.96. The highest BCUT2D eigenvalue weighted by atomic mass is 16.6. The van der Waals surface area contributed by atoms with Gasteiger partial charge >= 0.3 is 6.09 Å². The third-order valence-corrected chi connectivity index (χ3v) is 4.56. The number of nitrogens with zero attached hydrogens (tertiary/aromatic N) is 3. The lowest BCUT2D eigenvalue weighted by Crippen LogP contribution is -2.48. The summed E-state index contributed by atoms with van der Waals surface area (Å²) in [5.74, 6) is 0.397. The molecule has 3 amide bonds. The largest absolute Gasteiger partial charge is 0.444 e. The number of amides is 3. The van der Waals surface area contributed by atoms with Crippen LogP contribution in [0.25, 0.3) is 0 Å². The zero-order valence-electron chi connectivity index (χ0n) is 16.5. The van der Waals surface area contributed by atoms with E-state index in [9.17, 15) is 14.4 Å². The molecule has 9 heteroatoms. The van der Waals surface area contributed by atoms with E-state index in [1.165, 1.54) is 4.90 Å². The van der Waals surface area contributed by atoms with Gasteiger partial charge in [0.15, 0.2) is 0 Å². The second-order valence-corrected chi connectivity index (χ2v) is 8.00. The van der Waals surface area contributed by atoms with Crippen molar-refractivity contribution in [3.05, 3.63) is 18.3 Å². The number of carbonyl (C=O) groups excluding carboxylic acids is 3. The molecule has 0 unspecified atom stereocenters. The van der Waals surface area contributed by atoms with Crippen LogP contribution in [0.1, 0.15) is 33.6 Å². The van der Waals surface area contributed by atoms with Crippen LogP contribution in [-0.4, -0.2) is 65.6 Å². The summed E-state index contributed by atoms with van der Waals surface area (Å²) in [7, 11) is 0. The number of carbonyl (C=O) groups is 3. The fourth-order valence-corrected chi connectivity index (χ4v) is 3.29. The minimum absolute atomic E-state index is 0.0334. The second kappa shape index (κ2) is 8.04. The Labute approximate surface area is 164 Å². The number of likely N-dealkylation sites (tertiary alicyclic amines) is 1. The Bertz CT molecular complexity index is 744. The summed E-state index contributed by atoms with van der Waals surface area (Å²) in [6.07, 6.45) is 2.44. The fraction of sp³-hybridized carbons (Fsp3) is 0.579. The highest BCUT2D eigenvalue weighted by Crippen LogP contribution is 2.22. The minimum Gasteiger partial charge on any atom is -0.444 e. The SMILES string of the molecule is CC(C)(C)OC(=O)N1CCC[C@@H]1C(=O)Nc1ccc(N2CCNC(=O)C2)nc1. The standard InChI is InChI=1S/C19H27N5O4/c1-19(2,3)28-18(27)24-9-4-5-14(24)17(26)22-13-6-7-15(21-11-13)23-10-8-20-16(25)12-23/h6-7,11,14H,4-5,8-10,12H2,1-3H3,(H,20,25)(H,22,26)/t14-/m1/s1. The first-order chi connectivity index (χ1) is 13.2. The van der Waals surface area contributed by atoms with Gasteiger partial charge in [-0.15, -0.1) is 0 Å². The van der Waals surface area contributed by atoms with Gasteiger partial charge in [-0.1, -0.05) is 0 Å². The van der Waals surface area contributed by atoms with Crippen LogP contribution in [-0.2, 0) is 14.3 Å². The molecule has 0 spiro atoms. The Hall–Kier alpha value is -2.84. The van der Waals surface area contributed by atoms with Crippen molar-refractivity contribution in [1.29, 1.82) is 0 Å². The summed E-state index contributed by atoms with van der Waals surface area (Å²) in [4.78, 5) is 44.2. The van der Waals surface area contributed by atoms with Crippen LogP contribution >= 0.6 is 0 Å². The minimum atomic E-state index is -0.605. The first-order valence-corrected chi connectivity index (χ1v) is 9.51. The molecule has 0 saturated carbocycles. The Morgan fingerprint density at radius 1 is 1.29 bits per heavy atom. The first-order valence-electron chi connectivity index (χ1n) is 9.51. The van der Waals surface area contributed by atoms with Crippen molar-refractivity contribution < 1.29 is 19.1 Å². The van der Waals surface area contributed by atoms with E-state index >= 15 is 0 Å². The van der Waals surface area contributed by atoms with Gasteiger partial charge in [0.2, 0.25) is 11.8 Å². The van der Waals surface area contributed by atoms with Crippen LogP contribution < -0.4 is 15.5 Å². The fourth-order valence-electron chi connectivity index (χ4n) is 3.29. The van der Waals surface area contributed by atoms with Gasteiger partial charge in [0.1, 0.15) is 17.5 Å². The number of anilines is 2. The van der Waals surface area contributed by atoms with E-state index in [-0.39, 0.29) is 18.4 Å². The van der Waals surface area contributed by atoms with E-state index in [0.717, 1.165) is 6.42 Å². The van der Waals surface area contributed by atoms with E-state index in [2.05, 4.69) is 15.6 Å². The average Bonchev–Trinajstić information content (AvgIpc) is 3.11. The number of nitrogens with one attached hydrogen (secondary N) is 2. The van der Waals surface area contributed by atoms with Crippen molar-refractivity contribution in [3.8, 4) is 0 Å². The summed E-state index contributed by atoms with van der Waals surface area (Å²) in [6.45, 7) is 7.45. The lowest BCUT2D eigenvalue weighted by Gasteiger charge is -2.28. The number of hydrogen-bond acceptors (Lipinski definition) is 6. The lowest BCUT2D eigenvalue weighted by molar-refractivity contribution is -0.121. The molecule has 9 nitrogen and oxygen atoms in total. The van der Waals surface area contributed by atoms with Crippen LogP contribution in [0.3, 0.4) is 0 Å². The Morgan fingerprint density at radius 2 is 2.07 bits per heavy atom. The molecule has 1 atom stereocenters. The zero-order chi connectivity index (χ0) is 20.3. The number of piperazine rings is 1. The maximum atomic E-state index is 12.7. The molecule has 2 aliphatic heterocycles. The number of aromatic nitrogens is 1. The Balaban J connectivity index is 1.60. The molecule has 152 valence electrons. The van der Waals surface area contributed by atoms with Crippen molar-refractivity contribution in [2.45, 2.75) is 45.3 Å². The Morgan fingerprint density at radius 3 is 2.71 bits per heavy atom. The van der Waals surface area contributed by atoms with Gasteiger partial charge in [-0.05, 0) is 45.7 Å². The van der Waals surface area contributed by atoms with Crippen molar-refractivity contribution in [2.75, 3.05) is 36.4 Å². The molecule has 3 heterocycles. The molecule has 0 aromatic carbocycles. The smallest absolute Gasteiger partial charge is 0.410 e. The number of ether oxygens (including phenoxy) is 1. The predicted octanol–water partition coefficient (Wildman–Crippen LogP) is 1.36. The predicted molar refractivity (Wildman–Crippen MR) is 104 cm³/mol. The second-order valence-electron chi connectivity index (χ2n) is 8.00. The average molecular weight is 389 g/mol. The van der Waals surface area contributed by atoms with Crippen molar-refractivity contribution in [3.63, 3.8) is 0 Å². The lowest BCUT2D eigenvalue weighted by atomic mass is 10.2. The van der Waals surface area contributed by atoms with Crippen LogP contribution in [0.15, 0.2) is 18.3 Å². The molecule has 2 aliphatic rings. The summed E-state index contributed by atoms with van der Waals surface area (Å²) in [5, 5.41) is 5.59. The summed E-state index contributed by atoms with van der Waals surface area (Å²) < 4.78 is 5.40. The van der Waals surface area contributed by atoms with Crippen molar-refractivity contribution >= 4 is 29.4 Å². The molecule has 28 heavy (non-hydrogen) atoms. The van der Waals surface area contributed by atoms with Crippen LogP contribution in [0.2, 0.25) is 0 Å². The quantitative estimate of drug-likeness (QED) is 0.809. The topological polar surface area (TPSA) is 104 Å². The first kappa shape index (κ1) is 19.9. The maximum Gasteiger partial charge on any atom is 0.410 e. The summed E-state index contributed by atoms with van der Waals surface area (Å²) in [6, 6.07) is 2.97. The molecule has 1 aromatic rings. The van der Waals surface area contributed by atoms with E-state index in [0.29, 0.717) is 37.6 Å². The van der Waals surface area contributed by atoms with Gasteiger partial charge in [-0.25, -0.2) is 9.78 Å². The Kier molecular flexibility index (Phi) is 5.71. The highest BCUT2D eigenvalue weighted by Gasteiger charge is 2.36. The molecule has 0 bridgehead atoms. The third kappa shape index (κ3) is 4.90.